The van der Waals surface area contributed by atoms with Crippen molar-refractivity contribution in [1.82, 2.24) is 10.9 Å². The van der Waals surface area contributed by atoms with Gasteiger partial charge in [-0.05, 0) is 25.1 Å². The number of hydrazine groups is 1. The Morgan fingerprint density at radius 1 is 1.19 bits per heavy atom. The number of nitrogens with two attached hydrogens (primary N) is 1. The van der Waals surface area contributed by atoms with Crippen molar-refractivity contribution >= 4 is 29.2 Å². The molecule has 0 aromatic rings. The van der Waals surface area contributed by atoms with Crippen LogP contribution >= 0.6 is 12.2 Å². The van der Waals surface area contributed by atoms with Crippen molar-refractivity contribution in [2.45, 2.75) is 25.7 Å². The Hall–Kier alpha value is -1.37. The van der Waals surface area contributed by atoms with E-state index in [2.05, 4.69) is 23.1 Å². The number of carbonyl (C=O) groups is 2. The zero-order valence-electron chi connectivity index (χ0n) is 8.73. The molecule has 0 radical (unpaired) electrons. The summed E-state index contributed by atoms with van der Waals surface area (Å²) in [5.41, 5.74) is 9.79. The van der Waals surface area contributed by atoms with Crippen LogP contribution in [0, 0.1) is 11.8 Å². The lowest BCUT2D eigenvalue weighted by Crippen LogP contribution is -2.49. The number of hydrogen-bond acceptors (Lipinski definition) is 3. The molecule has 1 aliphatic carbocycles. The lowest BCUT2D eigenvalue weighted by atomic mass is 9.79. The van der Waals surface area contributed by atoms with E-state index in [-0.39, 0.29) is 11.0 Å². The van der Waals surface area contributed by atoms with E-state index in [0.717, 1.165) is 12.8 Å². The largest absolute Gasteiger partial charge is 0.481 e. The van der Waals surface area contributed by atoms with Crippen molar-refractivity contribution in [3.05, 3.63) is 0 Å². The summed E-state index contributed by atoms with van der Waals surface area (Å²) in [6, 6.07) is 0. The molecule has 0 heterocycles. The van der Waals surface area contributed by atoms with E-state index in [0.29, 0.717) is 12.8 Å². The van der Waals surface area contributed by atoms with Crippen molar-refractivity contribution in [1.29, 1.82) is 0 Å². The second-order valence-electron chi connectivity index (χ2n) is 3.81. The highest BCUT2D eigenvalue weighted by Crippen LogP contribution is 2.30. The van der Waals surface area contributed by atoms with Crippen LogP contribution in [0.25, 0.3) is 0 Å². The number of hydrogen-bond donors (Lipinski definition) is 4. The number of thiocarbonyl (C=S) groups is 1. The summed E-state index contributed by atoms with van der Waals surface area (Å²) in [4.78, 5) is 22.6. The lowest BCUT2D eigenvalue weighted by molar-refractivity contribution is -0.149. The van der Waals surface area contributed by atoms with Crippen LogP contribution in [0.15, 0.2) is 0 Å². The van der Waals surface area contributed by atoms with E-state index in [9.17, 15) is 9.59 Å². The minimum Gasteiger partial charge on any atom is -0.481 e. The van der Waals surface area contributed by atoms with Gasteiger partial charge in [-0.1, -0.05) is 12.8 Å². The summed E-state index contributed by atoms with van der Waals surface area (Å²) in [6.45, 7) is 0. The Morgan fingerprint density at radius 3 is 2.25 bits per heavy atom. The fourth-order valence-corrected chi connectivity index (χ4v) is 2.01. The summed E-state index contributed by atoms with van der Waals surface area (Å²) in [6.07, 6.45) is 2.85. The molecule has 90 valence electrons. The van der Waals surface area contributed by atoms with Crippen LogP contribution in [0.5, 0.6) is 0 Å². The van der Waals surface area contributed by atoms with Crippen LogP contribution in [0.3, 0.4) is 0 Å². The van der Waals surface area contributed by atoms with Gasteiger partial charge in [0, 0.05) is 0 Å². The topological polar surface area (TPSA) is 104 Å². The summed E-state index contributed by atoms with van der Waals surface area (Å²) in [5.74, 6) is -2.40. The molecule has 0 aromatic heterocycles. The molecule has 2 atom stereocenters. The fraction of sp³-hybridized carbons (Fsp3) is 0.667. The average Bonchev–Trinajstić information content (AvgIpc) is 2.25. The highest BCUT2D eigenvalue weighted by atomic mass is 32.1. The Labute approximate surface area is 98.5 Å². The molecule has 5 N–H and O–H groups in total. The van der Waals surface area contributed by atoms with Crippen molar-refractivity contribution in [2.24, 2.45) is 17.6 Å². The van der Waals surface area contributed by atoms with E-state index in [4.69, 9.17) is 10.8 Å². The normalized spacial score (nSPS) is 24.5. The third-order valence-electron chi connectivity index (χ3n) is 2.73. The molecule has 7 heteroatoms. The van der Waals surface area contributed by atoms with Crippen molar-refractivity contribution in [3.8, 4) is 0 Å². The zero-order valence-corrected chi connectivity index (χ0v) is 9.55. The second kappa shape index (κ2) is 5.64. The monoisotopic (exact) mass is 245 g/mol. The smallest absolute Gasteiger partial charge is 0.307 e. The molecule has 1 amide bonds. The second-order valence-corrected chi connectivity index (χ2v) is 4.25. The lowest BCUT2D eigenvalue weighted by Gasteiger charge is -2.27. The number of nitrogens with one attached hydrogen (secondary N) is 2. The predicted octanol–water partition coefficient (Wildman–Crippen LogP) is -0.258. The van der Waals surface area contributed by atoms with Crippen molar-refractivity contribution in [3.63, 3.8) is 0 Å². The molecule has 1 fully saturated rings. The third-order valence-corrected chi connectivity index (χ3v) is 2.83. The third kappa shape index (κ3) is 3.34. The maximum atomic E-state index is 11.7. The molecule has 1 rings (SSSR count). The highest BCUT2D eigenvalue weighted by Gasteiger charge is 2.35. The Kier molecular flexibility index (Phi) is 4.48. The van der Waals surface area contributed by atoms with E-state index >= 15 is 0 Å². The standard InChI is InChI=1S/C9H15N3O3S/c10-9(16)12-11-7(13)5-3-1-2-4-6(5)8(14)15/h5-6H,1-4H2,(H,11,13)(H,14,15)(H3,10,12,16)/t5-,6+/m0/s1. The fourth-order valence-electron chi connectivity index (χ4n) is 1.96. The number of amides is 1. The average molecular weight is 245 g/mol. The van der Waals surface area contributed by atoms with Crippen LogP contribution in [0.1, 0.15) is 25.7 Å². The molecular weight excluding hydrogens is 230 g/mol. The summed E-state index contributed by atoms with van der Waals surface area (Å²) in [5, 5.41) is 8.94. The van der Waals surface area contributed by atoms with Crippen LogP contribution in [0.2, 0.25) is 0 Å². The number of aliphatic carboxylic acids is 1. The van der Waals surface area contributed by atoms with Gasteiger partial charge in [0.15, 0.2) is 5.11 Å². The molecule has 0 saturated heterocycles. The number of rotatable bonds is 2. The maximum absolute atomic E-state index is 11.7. The van der Waals surface area contributed by atoms with E-state index in [1.54, 1.807) is 0 Å². The van der Waals surface area contributed by atoms with E-state index < -0.39 is 17.8 Å². The molecule has 0 aliphatic heterocycles. The van der Waals surface area contributed by atoms with Gasteiger partial charge in [0.25, 0.3) is 0 Å². The number of carboxylic acids is 1. The van der Waals surface area contributed by atoms with Gasteiger partial charge in [-0.25, -0.2) is 0 Å². The zero-order chi connectivity index (χ0) is 12.1. The predicted molar refractivity (Wildman–Crippen MR) is 61.1 cm³/mol. The molecule has 1 saturated carbocycles. The molecule has 0 spiro atoms. The molecule has 16 heavy (non-hydrogen) atoms. The first-order valence-electron chi connectivity index (χ1n) is 5.10. The quantitative estimate of drug-likeness (QED) is 0.395. The van der Waals surface area contributed by atoms with Gasteiger partial charge in [-0.15, -0.1) is 0 Å². The van der Waals surface area contributed by atoms with Crippen molar-refractivity contribution in [2.75, 3.05) is 0 Å². The van der Waals surface area contributed by atoms with Gasteiger partial charge in [0.1, 0.15) is 0 Å². The Balaban J connectivity index is 2.57. The van der Waals surface area contributed by atoms with E-state index in [1.807, 2.05) is 0 Å². The van der Waals surface area contributed by atoms with Gasteiger partial charge in [0.2, 0.25) is 5.91 Å². The van der Waals surface area contributed by atoms with Crippen molar-refractivity contribution < 1.29 is 14.7 Å². The summed E-state index contributed by atoms with van der Waals surface area (Å²) < 4.78 is 0. The summed E-state index contributed by atoms with van der Waals surface area (Å²) in [7, 11) is 0. The minimum absolute atomic E-state index is 0.0453. The van der Waals surface area contributed by atoms with Crippen LogP contribution in [0.4, 0.5) is 0 Å². The summed E-state index contributed by atoms with van der Waals surface area (Å²) >= 11 is 4.53. The minimum atomic E-state index is -0.921. The van der Waals surface area contributed by atoms with E-state index in [1.165, 1.54) is 0 Å². The Bertz CT molecular complexity index is 308. The van der Waals surface area contributed by atoms with Gasteiger partial charge in [0.05, 0.1) is 11.8 Å². The molecular formula is C9H15N3O3S. The number of carbonyl (C=O) groups excluding carboxylic acids is 1. The maximum Gasteiger partial charge on any atom is 0.307 e. The van der Waals surface area contributed by atoms with Gasteiger partial charge in [-0.2, -0.15) is 0 Å². The van der Waals surface area contributed by atoms with Crippen LogP contribution < -0.4 is 16.6 Å². The van der Waals surface area contributed by atoms with Gasteiger partial charge in [-0.3, -0.25) is 20.4 Å². The first kappa shape index (κ1) is 12.7. The van der Waals surface area contributed by atoms with Crippen LogP contribution in [-0.2, 0) is 9.59 Å². The molecule has 0 aromatic carbocycles. The highest BCUT2D eigenvalue weighted by molar-refractivity contribution is 7.80. The van der Waals surface area contributed by atoms with Crippen LogP contribution in [-0.4, -0.2) is 22.1 Å². The first-order valence-corrected chi connectivity index (χ1v) is 5.51. The Morgan fingerprint density at radius 2 is 1.75 bits per heavy atom. The van der Waals surface area contributed by atoms with Gasteiger partial charge < -0.3 is 10.8 Å². The molecule has 6 nitrogen and oxygen atoms in total. The molecule has 0 unspecified atom stereocenters. The molecule has 0 bridgehead atoms. The first-order chi connectivity index (χ1) is 7.52. The SMILES string of the molecule is NC(=S)NNC(=O)[C@H]1CCCC[C@H]1C(=O)O. The number of carboxylic acid groups (broad SMARTS) is 1. The van der Waals surface area contributed by atoms with Gasteiger partial charge >= 0.3 is 5.97 Å². The molecule has 1 aliphatic rings.